The molecule has 1 unspecified atom stereocenters. The van der Waals surface area contributed by atoms with Gasteiger partial charge in [-0.25, -0.2) is 0 Å². The molecule has 0 aromatic carbocycles. The molecule has 1 atom stereocenters. The Kier molecular flexibility index (Phi) is 5.82. The molecule has 1 N–H and O–H groups in total. The third-order valence-corrected chi connectivity index (χ3v) is 3.32. The average molecular weight is 252 g/mol. The number of aryl methyl sites for hydroxylation is 1. The first-order valence-corrected chi connectivity index (χ1v) is 6.80. The summed E-state index contributed by atoms with van der Waals surface area (Å²) in [5, 5.41) is 7.54. The van der Waals surface area contributed by atoms with Crippen molar-refractivity contribution in [2.24, 2.45) is 12.5 Å². The summed E-state index contributed by atoms with van der Waals surface area (Å²) < 4.78 is 1.86. The van der Waals surface area contributed by atoms with Crippen molar-refractivity contribution in [2.45, 2.75) is 33.2 Å². The van der Waals surface area contributed by atoms with E-state index in [1.807, 2.05) is 25.0 Å². The lowest BCUT2D eigenvalue weighted by Gasteiger charge is -2.33. The van der Waals surface area contributed by atoms with Gasteiger partial charge in [-0.2, -0.15) is 5.10 Å². The summed E-state index contributed by atoms with van der Waals surface area (Å²) in [6.45, 7) is 7.77. The molecular formula is C14H28N4. The number of hydrogen-bond acceptors (Lipinski definition) is 3. The molecular weight excluding hydrogens is 224 g/mol. The van der Waals surface area contributed by atoms with Crippen LogP contribution in [0.25, 0.3) is 0 Å². The van der Waals surface area contributed by atoms with Crippen molar-refractivity contribution < 1.29 is 0 Å². The van der Waals surface area contributed by atoms with Crippen LogP contribution in [0.15, 0.2) is 12.4 Å². The van der Waals surface area contributed by atoms with E-state index in [2.05, 4.69) is 42.4 Å². The number of aromatic nitrogens is 2. The zero-order valence-corrected chi connectivity index (χ0v) is 12.5. The van der Waals surface area contributed by atoms with Crippen LogP contribution in [0, 0.1) is 5.41 Å². The highest BCUT2D eigenvalue weighted by molar-refractivity contribution is 5.03. The van der Waals surface area contributed by atoms with E-state index in [9.17, 15) is 0 Å². The lowest BCUT2D eigenvalue weighted by atomic mass is 9.85. The van der Waals surface area contributed by atoms with Crippen molar-refractivity contribution >= 4 is 0 Å². The van der Waals surface area contributed by atoms with Crippen molar-refractivity contribution in [2.75, 3.05) is 27.2 Å². The molecule has 1 rings (SSSR count). The first kappa shape index (κ1) is 15.2. The summed E-state index contributed by atoms with van der Waals surface area (Å²) in [6, 6.07) is 0. The van der Waals surface area contributed by atoms with Gasteiger partial charge in [0.1, 0.15) is 0 Å². The summed E-state index contributed by atoms with van der Waals surface area (Å²) >= 11 is 0. The molecule has 0 bridgehead atoms. The van der Waals surface area contributed by atoms with Gasteiger partial charge in [0, 0.05) is 38.4 Å². The predicted molar refractivity (Wildman–Crippen MR) is 76.5 cm³/mol. The number of rotatable bonds is 8. The van der Waals surface area contributed by atoms with Crippen LogP contribution in [0.1, 0.15) is 32.3 Å². The van der Waals surface area contributed by atoms with Crippen LogP contribution < -0.4 is 5.32 Å². The Morgan fingerprint density at radius 3 is 2.72 bits per heavy atom. The fourth-order valence-corrected chi connectivity index (χ4v) is 2.83. The van der Waals surface area contributed by atoms with Gasteiger partial charge < -0.3 is 10.2 Å². The zero-order valence-electron chi connectivity index (χ0n) is 12.5. The van der Waals surface area contributed by atoms with Crippen LogP contribution >= 0.6 is 0 Å². The topological polar surface area (TPSA) is 33.1 Å². The Bertz CT molecular complexity index is 339. The molecule has 0 saturated carbocycles. The van der Waals surface area contributed by atoms with Crippen molar-refractivity contribution in [3.8, 4) is 0 Å². The highest BCUT2D eigenvalue weighted by atomic mass is 15.2. The van der Waals surface area contributed by atoms with Gasteiger partial charge in [-0.1, -0.05) is 20.3 Å². The van der Waals surface area contributed by atoms with Gasteiger partial charge >= 0.3 is 0 Å². The highest BCUT2D eigenvalue weighted by Gasteiger charge is 2.24. The number of hydrogen-bond donors (Lipinski definition) is 1. The smallest absolute Gasteiger partial charge is 0.0534 e. The maximum Gasteiger partial charge on any atom is 0.0534 e. The fraction of sp³-hybridized carbons (Fsp3) is 0.786. The summed E-state index contributed by atoms with van der Waals surface area (Å²) in [5.74, 6) is 0. The Morgan fingerprint density at radius 2 is 2.22 bits per heavy atom. The normalized spacial score (nSPS) is 15.0. The third kappa shape index (κ3) is 4.78. The fourth-order valence-electron chi connectivity index (χ4n) is 2.83. The lowest BCUT2D eigenvalue weighted by Crippen LogP contribution is -2.39. The Morgan fingerprint density at radius 1 is 1.50 bits per heavy atom. The molecule has 0 aliphatic carbocycles. The minimum Gasteiger partial charge on any atom is -0.319 e. The molecule has 1 aromatic heterocycles. The van der Waals surface area contributed by atoms with Crippen LogP contribution in [0.2, 0.25) is 0 Å². The summed E-state index contributed by atoms with van der Waals surface area (Å²) in [5.41, 5.74) is 1.63. The van der Waals surface area contributed by atoms with Crippen LogP contribution in [0.3, 0.4) is 0 Å². The molecule has 0 amide bonds. The van der Waals surface area contributed by atoms with E-state index >= 15 is 0 Å². The first-order chi connectivity index (χ1) is 8.49. The van der Waals surface area contributed by atoms with E-state index in [0.29, 0.717) is 5.41 Å². The standard InChI is InChI=1S/C14H28N4/c1-6-7-14(2,11-15-3)12-17(4)9-13-8-16-18(5)10-13/h8,10,15H,6-7,9,11-12H2,1-5H3. The van der Waals surface area contributed by atoms with Gasteiger partial charge in [0.15, 0.2) is 0 Å². The Labute approximate surface area is 111 Å². The molecule has 1 aromatic rings. The van der Waals surface area contributed by atoms with E-state index in [-0.39, 0.29) is 0 Å². The molecule has 4 heteroatoms. The van der Waals surface area contributed by atoms with Crippen molar-refractivity contribution in [1.29, 1.82) is 0 Å². The monoisotopic (exact) mass is 252 g/mol. The van der Waals surface area contributed by atoms with Crippen LogP contribution in [0.5, 0.6) is 0 Å². The zero-order chi connectivity index (χ0) is 13.6. The van der Waals surface area contributed by atoms with Gasteiger partial charge in [0.25, 0.3) is 0 Å². The maximum absolute atomic E-state index is 4.22. The van der Waals surface area contributed by atoms with E-state index in [1.165, 1.54) is 18.4 Å². The molecule has 4 nitrogen and oxygen atoms in total. The third-order valence-electron chi connectivity index (χ3n) is 3.32. The number of nitrogens with zero attached hydrogens (tertiary/aromatic N) is 3. The largest absolute Gasteiger partial charge is 0.319 e. The Balaban J connectivity index is 2.52. The molecule has 0 spiro atoms. The predicted octanol–water partition coefficient (Wildman–Crippen LogP) is 1.88. The summed E-state index contributed by atoms with van der Waals surface area (Å²) in [4.78, 5) is 2.39. The molecule has 18 heavy (non-hydrogen) atoms. The SMILES string of the molecule is CCCC(C)(CNC)CN(C)Cc1cnn(C)c1. The first-order valence-electron chi connectivity index (χ1n) is 6.80. The molecule has 0 aliphatic rings. The molecule has 0 radical (unpaired) electrons. The molecule has 0 saturated heterocycles. The second-order valence-corrected chi connectivity index (χ2v) is 5.79. The van der Waals surface area contributed by atoms with Crippen LogP contribution in [-0.4, -0.2) is 41.9 Å². The van der Waals surface area contributed by atoms with E-state index < -0.39 is 0 Å². The van der Waals surface area contributed by atoms with Crippen molar-refractivity contribution in [1.82, 2.24) is 20.0 Å². The summed E-state index contributed by atoms with van der Waals surface area (Å²) in [6.07, 6.45) is 6.53. The lowest BCUT2D eigenvalue weighted by molar-refractivity contribution is 0.171. The van der Waals surface area contributed by atoms with Gasteiger partial charge in [0.05, 0.1) is 6.20 Å². The van der Waals surface area contributed by atoms with Gasteiger partial charge in [0.2, 0.25) is 0 Å². The molecule has 0 fully saturated rings. The van der Waals surface area contributed by atoms with Gasteiger partial charge in [-0.15, -0.1) is 0 Å². The summed E-state index contributed by atoms with van der Waals surface area (Å²) in [7, 11) is 6.19. The Hall–Kier alpha value is -0.870. The minimum absolute atomic E-state index is 0.348. The van der Waals surface area contributed by atoms with E-state index in [4.69, 9.17) is 0 Å². The van der Waals surface area contributed by atoms with Gasteiger partial charge in [-0.3, -0.25) is 4.68 Å². The van der Waals surface area contributed by atoms with Crippen molar-refractivity contribution in [3.05, 3.63) is 18.0 Å². The second-order valence-electron chi connectivity index (χ2n) is 5.79. The van der Waals surface area contributed by atoms with Crippen LogP contribution in [-0.2, 0) is 13.6 Å². The van der Waals surface area contributed by atoms with Gasteiger partial charge in [-0.05, 0) is 25.9 Å². The second kappa shape index (κ2) is 6.90. The van der Waals surface area contributed by atoms with E-state index in [1.54, 1.807) is 0 Å². The van der Waals surface area contributed by atoms with Crippen LogP contribution in [0.4, 0.5) is 0 Å². The maximum atomic E-state index is 4.22. The highest BCUT2D eigenvalue weighted by Crippen LogP contribution is 2.24. The minimum atomic E-state index is 0.348. The number of nitrogens with one attached hydrogen (secondary N) is 1. The quantitative estimate of drug-likeness (QED) is 0.767. The van der Waals surface area contributed by atoms with Crippen molar-refractivity contribution in [3.63, 3.8) is 0 Å². The average Bonchev–Trinajstić information content (AvgIpc) is 2.63. The molecule has 1 heterocycles. The molecule has 104 valence electrons. The molecule has 0 aliphatic heterocycles. The van der Waals surface area contributed by atoms with E-state index in [0.717, 1.165) is 19.6 Å².